The number of ether oxygens (including phenoxy) is 1. The van der Waals surface area contributed by atoms with Crippen LogP contribution in [0.5, 0.6) is 11.5 Å². The van der Waals surface area contributed by atoms with Crippen LogP contribution in [0.15, 0.2) is 36.4 Å². The maximum atomic E-state index is 13.4. The Kier molecular flexibility index (Phi) is 3.50. The number of nitriles is 1. The van der Waals surface area contributed by atoms with Crippen LogP contribution in [0.4, 0.5) is 4.39 Å². The van der Waals surface area contributed by atoms with E-state index in [4.69, 9.17) is 21.6 Å². The SMILES string of the molecule is Cc1ccc(Oc2cccc(Cl)c2C#N)cc1F. The second kappa shape index (κ2) is 5.07. The minimum absolute atomic E-state index is 0.236. The number of hydrogen-bond donors (Lipinski definition) is 0. The molecule has 0 saturated heterocycles. The van der Waals surface area contributed by atoms with Crippen molar-refractivity contribution in [3.05, 3.63) is 58.4 Å². The number of nitrogens with zero attached hydrogens (tertiary/aromatic N) is 1. The van der Waals surface area contributed by atoms with Gasteiger partial charge in [0.25, 0.3) is 0 Å². The molecule has 2 aromatic carbocycles. The molecule has 2 nitrogen and oxygen atoms in total. The number of benzene rings is 2. The van der Waals surface area contributed by atoms with Gasteiger partial charge in [0.2, 0.25) is 0 Å². The third-order valence-electron chi connectivity index (χ3n) is 2.46. The zero-order valence-corrected chi connectivity index (χ0v) is 10.3. The third kappa shape index (κ3) is 2.44. The Morgan fingerprint density at radius 3 is 2.72 bits per heavy atom. The monoisotopic (exact) mass is 261 g/mol. The van der Waals surface area contributed by atoms with E-state index >= 15 is 0 Å². The lowest BCUT2D eigenvalue weighted by Gasteiger charge is -2.08. The summed E-state index contributed by atoms with van der Waals surface area (Å²) in [4.78, 5) is 0. The van der Waals surface area contributed by atoms with Gasteiger partial charge in [-0.3, -0.25) is 0 Å². The molecule has 0 spiro atoms. The molecule has 0 amide bonds. The van der Waals surface area contributed by atoms with Crippen LogP contribution >= 0.6 is 11.6 Å². The molecule has 90 valence electrons. The van der Waals surface area contributed by atoms with Crippen molar-refractivity contribution in [2.45, 2.75) is 6.92 Å². The summed E-state index contributed by atoms with van der Waals surface area (Å²) in [5.41, 5.74) is 0.772. The summed E-state index contributed by atoms with van der Waals surface area (Å²) in [7, 11) is 0. The zero-order valence-electron chi connectivity index (χ0n) is 9.58. The first-order valence-electron chi connectivity index (χ1n) is 5.24. The molecular formula is C14H9ClFNO. The van der Waals surface area contributed by atoms with Crippen LogP contribution in [0.3, 0.4) is 0 Å². The van der Waals surface area contributed by atoms with Crippen LogP contribution in [0.25, 0.3) is 0 Å². The second-order valence-electron chi connectivity index (χ2n) is 3.74. The first-order chi connectivity index (χ1) is 8.61. The molecule has 0 atom stereocenters. The fourth-order valence-corrected chi connectivity index (χ4v) is 1.67. The molecule has 4 heteroatoms. The second-order valence-corrected chi connectivity index (χ2v) is 4.15. The normalized spacial score (nSPS) is 9.89. The third-order valence-corrected chi connectivity index (χ3v) is 2.77. The Hall–Kier alpha value is -2.05. The summed E-state index contributed by atoms with van der Waals surface area (Å²) in [5, 5.41) is 9.30. The molecule has 2 rings (SSSR count). The van der Waals surface area contributed by atoms with Gasteiger partial charge in [0.15, 0.2) is 0 Å². The largest absolute Gasteiger partial charge is 0.456 e. The van der Waals surface area contributed by atoms with Crippen LogP contribution < -0.4 is 4.74 Å². The molecule has 0 saturated carbocycles. The molecule has 0 aliphatic rings. The van der Waals surface area contributed by atoms with Gasteiger partial charge < -0.3 is 4.74 Å². The summed E-state index contributed by atoms with van der Waals surface area (Å²) in [6.45, 7) is 1.67. The van der Waals surface area contributed by atoms with Gasteiger partial charge in [-0.05, 0) is 30.7 Å². The smallest absolute Gasteiger partial charge is 0.146 e. The standard InChI is InChI=1S/C14H9ClFNO/c1-9-5-6-10(7-13(9)16)18-14-4-2-3-12(15)11(14)8-17/h2-7H,1H3. The molecular weight excluding hydrogens is 253 g/mol. The topological polar surface area (TPSA) is 33.0 Å². The molecule has 0 radical (unpaired) electrons. The van der Waals surface area contributed by atoms with E-state index in [1.54, 1.807) is 37.3 Å². The van der Waals surface area contributed by atoms with Gasteiger partial charge in [0, 0.05) is 6.07 Å². The van der Waals surface area contributed by atoms with E-state index in [9.17, 15) is 4.39 Å². The van der Waals surface area contributed by atoms with Crippen LogP contribution in [0, 0.1) is 24.1 Å². The highest BCUT2D eigenvalue weighted by Gasteiger charge is 2.09. The zero-order chi connectivity index (χ0) is 13.1. The fraction of sp³-hybridized carbons (Fsp3) is 0.0714. The highest BCUT2D eigenvalue weighted by Crippen LogP contribution is 2.30. The summed E-state index contributed by atoms with van der Waals surface area (Å²) in [5.74, 6) is 0.290. The first-order valence-corrected chi connectivity index (χ1v) is 5.62. The van der Waals surface area contributed by atoms with Crippen molar-refractivity contribution in [2.75, 3.05) is 0 Å². The van der Waals surface area contributed by atoms with Gasteiger partial charge in [-0.25, -0.2) is 4.39 Å². The predicted molar refractivity (Wildman–Crippen MR) is 67.4 cm³/mol. The van der Waals surface area contributed by atoms with Crippen molar-refractivity contribution in [3.63, 3.8) is 0 Å². The van der Waals surface area contributed by atoms with Crippen LogP contribution in [0.1, 0.15) is 11.1 Å². The first kappa shape index (κ1) is 12.4. The minimum atomic E-state index is -0.354. The van der Waals surface area contributed by atoms with Crippen molar-refractivity contribution in [1.82, 2.24) is 0 Å². The van der Waals surface area contributed by atoms with Gasteiger partial charge in [-0.2, -0.15) is 5.26 Å². The quantitative estimate of drug-likeness (QED) is 0.800. The number of aryl methyl sites for hydroxylation is 1. The summed E-state index contributed by atoms with van der Waals surface area (Å²) in [6, 6.07) is 11.4. The lowest BCUT2D eigenvalue weighted by Crippen LogP contribution is -1.90. The molecule has 0 bridgehead atoms. The van der Waals surface area contributed by atoms with E-state index in [1.165, 1.54) is 6.07 Å². The Morgan fingerprint density at radius 1 is 1.28 bits per heavy atom. The van der Waals surface area contributed by atoms with E-state index < -0.39 is 0 Å². The lowest BCUT2D eigenvalue weighted by atomic mass is 10.2. The molecule has 0 aromatic heterocycles. The molecule has 0 aliphatic heterocycles. The van der Waals surface area contributed by atoms with Gasteiger partial charge in [0.1, 0.15) is 28.9 Å². The summed E-state index contributed by atoms with van der Waals surface area (Å²) >= 11 is 5.88. The van der Waals surface area contributed by atoms with Crippen LogP contribution in [-0.2, 0) is 0 Å². The van der Waals surface area contributed by atoms with E-state index in [-0.39, 0.29) is 11.4 Å². The van der Waals surface area contributed by atoms with Gasteiger partial charge >= 0.3 is 0 Å². The van der Waals surface area contributed by atoms with Gasteiger partial charge in [-0.15, -0.1) is 0 Å². The van der Waals surface area contributed by atoms with E-state index in [1.807, 2.05) is 6.07 Å². The Labute approximate surface area is 109 Å². The number of rotatable bonds is 2. The van der Waals surface area contributed by atoms with E-state index in [0.717, 1.165) is 0 Å². The van der Waals surface area contributed by atoms with Crippen LogP contribution in [-0.4, -0.2) is 0 Å². The number of hydrogen-bond acceptors (Lipinski definition) is 2. The lowest BCUT2D eigenvalue weighted by molar-refractivity contribution is 0.474. The highest BCUT2D eigenvalue weighted by atomic mass is 35.5. The van der Waals surface area contributed by atoms with Gasteiger partial charge in [-0.1, -0.05) is 23.7 Å². The minimum Gasteiger partial charge on any atom is -0.456 e. The van der Waals surface area contributed by atoms with Crippen molar-refractivity contribution in [1.29, 1.82) is 5.26 Å². The highest BCUT2D eigenvalue weighted by molar-refractivity contribution is 6.31. The van der Waals surface area contributed by atoms with E-state index in [0.29, 0.717) is 22.1 Å². The molecule has 0 N–H and O–H groups in total. The number of halogens is 2. The summed E-state index contributed by atoms with van der Waals surface area (Å²) in [6.07, 6.45) is 0. The maximum Gasteiger partial charge on any atom is 0.146 e. The average molecular weight is 262 g/mol. The summed E-state index contributed by atoms with van der Waals surface area (Å²) < 4.78 is 18.8. The molecule has 0 heterocycles. The molecule has 0 fully saturated rings. The molecule has 0 unspecified atom stereocenters. The maximum absolute atomic E-state index is 13.4. The van der Waals surface area contributed by atoms with Crippen molar-refractivity contribution in [2.24, 2.45) is 0 Å². The Bertz CT molecular complexity index is 634. The van der Waals surface area contributed by atoms with Gasteiger partial charge in [0.05, 0.1) is 5.02 Å². The fourth-order valence-electron chi connectivity index (χ4n) is 1.46. The predicted octanol–water partition coefficient (Wildman–Crippen LogP) is 4.45. The van der Waals surface area contributed by atoms with Crippen molar-refractivity contribution >= 4 is 11.6 Å². The average Bonchev–Trinajstić information content (AvgIpc) is 2.34. The molecule has 0 aliphatic carbocycles. The molecule has 2 aromatic rings. The Morgan fingerprint density at radius 2 is 2.06 bits per heavy atom. The van der Waals surface area contributed by atoms with Crippen molar-refractivity contribution in [3.8, 4) is 17.6 Å². The Balaban J connectivity index is 2.37. The van der Waals surface area contributed by atoms with Crippen LogP contribution in [0.2, 0.25) is 5.02 Å². The van der Waals surface area contributed by atoms with Crippen molar-refractivity contribution < 1.29 is 9.13 Å². The van der Waals surface area contributed by atoms with E-state index in [2.05, 4.69) is 0 Å². The molecule has 18 heavy (non-hydrogen) atoms.